The Bertz CT molecular complexity index is 531. The van der Waals surface area contributed by atoms with Gasteiger partial charge in [0.25, 0.3) is 0 Å². The third kappa shape index (κ3) is 4.29. The molecule has 0 unspecified atom stereocenters. The molecule has 0 aliphatic carbocycles. The number of benzene rings is 1. The second-order valence-electron chi connectivity index (χ2n) is 6.29. The molecule has 22 heavy (non-hydrogen) atoms. The summed E-state index contributed by atoms with van der Waals surface area (Å²) in [7, 11) is 0. The molecule has 1 aliphatic heterocycles. The molecule has 5 nitrogen and oxygen atoms in total. The van der Waals surface area contributed by atoms with Gasteiger partial charge in [-0.15, -0.1) is 0 Å². The highest BCUT2D eigenvalue weighted by Crippen LogP contribution is 2.24. The van der Waals surface area contributed by atoms with E-state index in [1.54, 1.807) is 0 Å². The van der Waals surface area contributed by atoms with Gasteiger partial charge >= 0.3 is 0 Å². The first-order chi connectivity index (χ1) is 10.5. The summed E-state index contributed by atoms with van der Waals surface area (Å²) in [6.45, 7) is 9.12. The Kier molecular flexibility index (Phi) is 5.94. The average molecular weight is 305 g/mol. The standard InChI is InChI=1S/C17H27N3O2/c1-12-6-7-15-5-4-8-20(11-16(15)14(12)3)10-13(2)19-17(21)9-18-22/h6-7,13,18,22H,4-5,8-11H2,1-3H3,(H,19,21)/t13-/m0/s1. The predicted octanol–water partition coefficient (Wildman–Crippen LogP) is 1.54. The molecule has 1 aromatic rings. The van der Waals surface area contributed by atoms with Crippen molar-refractivity contribution in [2.45, 2.75) is 46.2 Å². The maximum atomic E-state index is 11.5. The van der Waals surface area contributed by atoms with E-state index in [1.807, 2.05) is 12.4 Å². The Morgan fingerprint density at radius 3 is 2.91 bits per heavy atom. The van der Waals surface area contributed by atoms with Crippen molar-refractivity contribution < 1.29 is 10.0 Å². The Balaban J connectivity index is 2.01. The van der Waals surface area contributed by atoms with Crippen molar-refractivity contribution in [3.8, 4) is 0 Å². The van der Waals surface area contributed by atoms with Gasteiger partial charge in [-0.1, -0.05) is 12.1 Å². The van der Waals surface area contributed by atoms with E-state index in [0.717, 1.165) is 32.5 Å². The first-order valence-corrected chi connectivity index (χ1v) is 7.98. The van der Waals surface area contributed by atoms with Crippen LogP contribution in [-0.4, -0.2) is 41.7 Å². The van der Waals surface area contributed by atoms with Crippen molar-refractivity contribution in [3.05, 3.63) is 34.4 Å². The van der Waals surface area contributed by atoms with Gasteiger partial charge in [-0.2, -0.15) is 5.48 Å². The first kappa shape index (κ1) is 16.9. The number of hydrogen-bond acceptors (Lipinski definition) is 4. The SMILES string of the molecule is Cc1ccc2c(c1C)CN(C[C@H](C)NC(=O)CNO)CCC2. The highest BCUT2D eigenvalue weighted by atomic mass is 16.5. The van der Waals surface area contributed by atoms with Gasteiger partial charge in [-0.25, -0.2) is 0 Å². The molecule has 1 heterocycles. The summed E-state index contributed by atoms with van der Waals surface area (Å²) in [4.78, 5) is 13.9. The third-order valence-corrected chi connectivity index (χ3v) is 4.45. The number of aryl methyl sites for hydroxylation is 2. The van der Waals surface area contributed by atoms with Crippen LogP contribution in [0.15, 0.2) is 12.1 Å². The number of fused-ring (bicyclic) bond motifs is 1. The van der Waals surface area contributed by atoms with Crippen molar-refractivity contribution in [3.63, 3.8) is 0 Å². The number of hydroxylamine groups is 1. The maximum absolute atomic E-state index is 11.5. The van der Waals surface area contributed by atoms with Gasteiger partial charge in [0, 0.05) is 19.1 Å². The Morgan fingerprint density at radius 2 is 2.18 bits per heavy atom. The van der Waals surface area contributed by atoms with Crippen LogP contribution in [0.3, 0.4) is 0 Å². The van der Waals surface area contributed by atoms with Crippen LogP contribution in [0.1, 0.15) is 35.6 Å². The van der Waals surface area contributed by atoms with Crippen LogP contribution in [0.4, 0.5) is 0 Å². The second-order valence-corrected chi connectivity index (χ2v) is 6.29. The van der Waals surface area contributed by atoms with E-state index in [-0.39, 0.29) is 18.5 Å². The fraction of sp³-hybridized carbons (Fsp3) is 0.588. The van der Waals surface area contributed by atoms with E-state index in [0.29, 0.717) is 0 Å². The molecule has 0 saturated heterocycles. The molecule has 0 bridgehead atoms. The van der Waals surface area contributed by atoms with Crippen LogP contribution in [0.2, 0.25) is 0 Å². The lowest BCUT2D eigenvalue weighted by Gasteiger charge is -2.25. The molecule has 1 atom stereocenters. The number of hydrogen-bond donors (Lipinski definition) is 3. The number of carbonyl (C=O) groups is 1. The molecule has 122 valence electrons. The van der Waals surface area contributed by atoms with Crippen molar-refractivity contribution in [1.29, 1.82) is 0 Å². The molecule has 3 N–H and O–H groups in total. The lowest BCUT2D eigenvalue weighted by atomic mass is 9.96. The minimum absolute atomic E-state index is 0.0625. The summed E-state index contributed by atoms with van der Waals surface area (Å²) >= 11 is 0. The number of nitrogens with zero attached hydrogens (tertiary/aromatic N) is 1. The minimum atomic E-state index is -0.183. The molecule has 0 spiro atoms. The third-order valence-electron chi connectivity index (χ3n) is 4.45. The van der Waals surface area contributed by atoms with Crippen LogP contribution in [0.5, 0.6) is 0 Å². The molecule has 0 aromatic heterocycles. The Hall–Kier alpha value is -1.43. The minimum Gasteiger partial charge on any atom is -0.351 e. The van der Waals surface area contributed by atoms with Crippen LogP contribution >= 0.6 is 0 Å². The molecule has 5 heteroatoms. The number of carbonyl (C=O) groups excluding carboxylic acids is 1. The molecule has 1 aromatic carbocycles. The van der Waals surface area contributed by atoms with Crippen LogP contribution in [0.25, 0.3) is 0 Å². The van der Waals surface area contributed by atoms with Gasteiger partial charge in [-0.05, 0) is 62.4 Å². The van der Waals surface area contributed by atoms with Crippen molar-refractivity contribution in [1.82, 2.24) is 15.7 Å². The van der Waals surface area contributed by atoms with E-state index in [2.05, 4.69) is 36.2 Å². The van der Waals surface area contributed by atoms with Crippen LogP contribution in [-0.2, 0) is 17.8 Å². The average Bonchev–Trinajstić information content (AvgIpc) is 2.65. The Labute approximate surface area is 132 Å². The molecule has 2 rings (SSSR count). The fourth-order valence-electron chi connectivity index (χ4n) is 3.17. The zero-order valence-corrected chi connectivity index (χ0v) is 13.8. The zero-order chi connectivity index (χ0) is 16.1. The monoisotopic (exact) mass is 305 g/mol. The first-order valence-electron chi connectivity index (χ1n) is 7.98. The normalized spacial score (nSPS) is 16.7. The Morgan fingerprint density at radius 1 is 1.41 bits per heavy atom. The van der Waals surface area contributed by atoms with Crippen LogP contribution < -0.4 is 10.8 Å². The quantitative estimate of drug-likeness (QED) is 0.722. The lowest BCUT2D eigenvalue weighted by Crippen LogP contribution is -2.44. The van der Waals surface area contributed by atoms with Crippen LogP contribution in [0, 0.1) is 13.8 Å². The largest absolute Gasteiger partial charge is 0.351 e. The fourth-order valence-corrected chi connectivity index (χ4v) is 3.17. The lowest BCUT2D eigenvalue weighted by molar-refractivity contribution is -0.122. The topological polar surface area (TPSA) is 64.6 Å². The number of rotatable bonds is 5. The summed E-state index contributed by atoms with van der Waals surface area (Å²) in [5.41, 5.74) is 7.54. The van der Waals surface area contributed by atoms with E-state index >= 15 is 0 Å². The van der Waals surface area contributed by atoms with E-state index in [9.17, 15) is 4.79 Å². The van der Waals surface area contributed by atoms with Gasteiger partial charge in [0.1, 0.15) is 0 Å². The number of nitrogens with one attached hydrogen (secondary N) is 2. The highest BCUT2D eigenvalue weighted by molar-refractivity contribution is 5.78. The summed E-state index contributed by atoms with van der Waals surface area (Å²) in [5, 5.41) is 11.4. The highest BCUT2D eigenvalue weighted by Gasteiger charge is 2.19. The summed E-state index contributed by atoms with van der Waals surface area (Å²) < 4.78 is 0. The molecule has 0 radical (unpaired) electrons. The van der Waals surface area contributed by atoms with E-state index in [1.165, 1.54) is 22.3 Å². The van der Waals surface area contributed by atoms with Gasteiger partial charge in [0.15, 0.2) is 0 Å². The van der Waals surface area contributed by atoms with Gasteiger partial charge in [-0.3, -0.25) is 9.69 Å². The summed E-state index contributed by atoms with van der Waals surface area (Å²) in [6.07, 6.45) is 2.27. The van der Waals surface area contributed by atoms with Gasteiger partial charge in [0.05, 0.1) is 6.54 Å². The molecular formula is C17H27N3O2. The molecule has 0 fully saturated rings. The predicted molar refractivity (Wildman–Crippen MR) is 86.9 cm³/mol. The molecule has 1 aliphatic rings. The van der Waals surface area contributed by atoms with E-state index < -0.39 is 0 Å². The van der Waals surface area contributed by atoms with Crippen molar-refractivity contribution in [2.24, 2.45) is 0 Å². The molecular weight excluding hydrogens is 278 g/mol. The molecule has 0 saturated carbocycles. The number of amides is 1. The van der Waals surface area contributed by atoms with Gasteiger partial charge < -0.3 is 10.5 Å². The smallest absolute Gasteiger partial charge is 0.236 e. The molecule has 1 amide bonds. The van der Waals surface area contributed by atoms with Crippen molar-refractivity contribution >= 4 is 5.91 Å². The van der Waals surface area contributed by atoms with Gasteiger partial charge in [0.2, 0.25) is 5.91 Å². The summed E-state index contributed by atoms with van der Waals surface area (Å²) in [5.74, 6) is -0.183. The second kappa shape index (κ2) is 7.72. The zero-order valence-electron chi connectivity index (χ0n) is 13.8. The van der Waals surface area contributed by atoms with Crippen molar-refractivity contribution in [2.75, 3.05) is 19.6 Å². The summed E-state index contributed by atoms with van der Waals surface area (Å²) in [6, 6.07) is 4.54. The van der Waals surface area contributed by atoms with E-state index in [4.69, 9.17) is 5.21 Å². The maximum Gasteiger partial charge on any atom is 0.236 e.